The van der Waals surface area contributed by atoms with Crippen LogP contribution in [0.4, 0.5) is 4.79 Å². The van der Waals surface area contributed by atoms with Gasteiger partial charge in [-0.15, -0.1) is 17.9 Å². The number of carbonyl (C=O) groups excluding carboxylic acids is 3. The molecule has 2 aliphatic heterocycles. The molecule has 4 aromatic rings. The van der Waals surface area contributed by atoms with E-state index < -0.39 is 12.2 Å². The first-order valence-corrected chi connectivity index (χ1v) is 15.5. The van der Waals surface area contributed by atoms with Crippen LogP contribution in [-0.4, -0.2) is 80.3 Å². The second kappa shape index (κ2) is 12.9. The fourth-order valence-electron chi connectivity index (χ4n) is 6.02. The molecule has 1 aromatic heterocycles. The van der Waals surface area contributed by atoms with Gasteiger partial charge in [-0.05, 0) is 22.8 Å². The third kappa shape index (κ3) is 6.15. The van der Waals surface area contributed by atoms with Gasteiger partial charge in [0.1, 0.15) is 18.0 Å². The number of piperazine rings is 1. The van der Waals surface area contributed by atoms with Gasteiger partial charge >= 0.3 is 6.03 Å². The second-order valence-corrected chi connectivity index (χ2v) is 12.0. The molecule has 0 aliphatic carbocycles. The molecule has 3 heterocycles. The lowest BCUT2D eigenvalue weighted by molar-refractivity contribution is -0.189. The molecule has 0 radical (unpaired) electrons. The summed E-state index contributed by atoms with van der Waals surface area (Å²) in [6.45, 7) is 4.75. The minimum absolute atomic E-state index is 0.0524. The van der Waals surface area contributed by atoms with E-state index in [1.54, 1.807) is 43.5 Å². The Morgan fingerprint density at radius 1 is 1.07 bits per heavy atom. The average Bonchev–Trinajstić information content (AvgIpc) is 3.53. The number of nitrogens with one attached hydrogen (secondary N) is 2. The molecule has 12 heteroatoms. The number of hydrazine groups is 1. The van der Waals surface area contributed by atoms with Gasteiger partial charge in [0.15, 0.2) is 0 Å². The topological polar surface area (TPSA) is 139 Å². The first-order valence-electron chi connectivity index (χ1n) is 14.6. The largest absolute Gasteiger partial charge is 0.384 e. The number of fused-ring (bicyclic) bond motifs is 2. The number of urea groups is 1. The van der Waals surface area contributed by atoms with E-state index in [1.807, 2.05) is 60.7 Å². The molecule has 2 atom stereocenters. The van der Waals surface area contributed by atoms with Crippen molar-refractivity contribution >= 4 is 45.2 Å². The van der Waals surface area contributed by atoms with Crippen molar-refractivity contribution in [1.29, 1.82) is 5.41 Å². The van der Waals surface area contributed by atoms with E-state index >= 15 is 0 Å². The zero-order chi connectivity index (χ0) is 31.5. The number of aromatic nitrogens is 1. The monoisotopic (exact) mass is 622 g/mol. The molecule has 0 bridgehead atoms. The highest BCUT2D eigenvalue weighted by atomic mass is 32.1. The first kappa shape index (κ1) is 30.0. The minimum Gasteiger partial charge on any atom is -0.384 e. The number of benzene rings is 3. The molecule has 0 saturated carbocycles. The summed E-state index contributed by atoms with van der Waals surface area (Å²) in [5.74, 6) is -0.498. The smallest absolute Gasteiger partial charge is 0.334 e. The number of hydrogen-bond donors (Lipinski definition) is 3. The van der Waals surface area contributed by atoms with Crippen molar-refractivity contribution in [1.82, 2.24) is 30.1 Å². The second-order valence-electron chi connectivity index (χ2n) is 11.1. The number of nitrogens with zero attached hydrogens (tertiary/aromatic N) is 5. The molecule has 3 aromatic carbocycles. The van der Waals surface area contributed by atoms with Crippen molar-refractivity contribution in [2.24, 2.45) is 5.73 Å². The molecule has 4 amide bonds. The third-order valence-electron chi connectivity index (χ3n) is 8.16. The molecule has 4 N–H and O–H groups in total. The first-order chi connectivity index (χ1) is 21.8. The average molecular weight is 623 g/mol. The van der Waals surface area contributed by atoms with E-state index in [0.29, 0.717) is 12.1 Å². The van der Waals surface area contributed by atoms with Crippen LogP contribution in [0.15, 0.2) is 91.0 Å². The Hall–Kier alpha value is -5.07. The summed E-state index contributed by atoms with van der Waals surface area (Å²) in [6.07, 6.45) is 1.14. The maximum atomic E-state index is 14.3. The van der Waals surface area contributed by atoms with Gasteiger partial charge in [0.2, 0.25) is 11.8 Å². The van der Waals surface area contributed by atoms with Gasteiger partial charge < -0.3 is 20.9 Å². The lowest BCUT2D eigenvalue weighted by atomic mass is 9.97. The van der Waals surface area contributed by atoms with Crippen LogP contribution in [0, 0.1) is 5.41 Å². The lowest BCUT2D eigenvalue weighted by Crippen LogP contribution is -2.76. The molecule has 45 heavy (non-hydrogen) atoms. The van der Waals surface area contributed by atoms with Crippen LogP contribution in [0.3, 0.4) is 0 Å². The van der Waals surface area contributed by atoms with Crippen molar-refractivity contribution < 1.29 is 14.4 Å². The van der Waals surface area contributed by atoms with E-state index in [2.05, 4.69) is 16.9 Å². The maximum Gasteiger partial charge on any atom is 0.334 e. The molecule has 0 spiro atoms. The number of rotatable bonds is 9. The molecular formula is C33H34N8O3S. The zero-order valence-electron chi connectivity index (χ0n) is 24.6. The fraction of sp³-hybridized carbons (Fsp3) is 0.242. The van der Waals surface area contributed by atoms with Crippen LogP contribution in [0.1, 0.15) is 22.3 Å². The van der Waals surface area contributed by atoms with E-state index in [4.69, 9.17) is 11.1 Å². The van der Waals surface area contributed by atoms with Gasteiger partial charge in [-0.3, -0.25) is 15.0 Å². The predicted molar refractivity (Wildman–Crippen MR) is 173 cm³/mol. The normalized spacial score (nSPS) is 18.6. The number of para-hydroxylation sites is 1. The zero-order valence-corrected chi connectivity index (χ0v) is 25.5. The van der Waals surface area contributed by atoms with Crippen LogP contribution >= 0.6 is 11.3 Å². The number of carbonyl (C=O) groups is 3. The lowest BCUT2D eigenvalue weighted by Gasteiger charge is -2.55. The quantitative estimate of drug-likeness (QED) is 0.149. The molecule has 11 nitrogen and oxygen atoms in total. The molecule has 2 saturated heterocycles. The van der Waals surface area contributed by atoms with Crippen LogP contribution < -0.4 is 11.1 Å². The molecule has 1 unspecified atom stereocenters. The van der Waals surface area contributed by atoms with Crippen molar-refractivity contribution in [2.75, 3.05) is 19.6 Å². The highest BCUT2D eigenvalue weighted by Gasteiger charge is 2.51. The van der Waals surface area contributed by atoms with E-state index in [9.17, 15) is 14.4 Å². The van der Waals surface area contributed by atoms with Crippen molar-refractivity contribution in [3.63, 3.8) is 0 Å². The van der Waals surface area contributed by atoms with Gasteiger partial charge in [-0.2, -0.15) is 0 Å². The number of amides is 4. The summed E-state index contributed by atoms with van der Waals surface area (Å²) >= 11 is 1.53. The fourth-order valence-corrected chi connectivity index (χ4v) is 6.74. The summed E-state index contributed by atoms with van der Waals surface area (Å²) in [4.78, 5) is 49.9. The van der Waals surface area contributed by atoms with Gasteiger partial charge in [0.25, 0.3) is 0 Å². The predicted octanol–water partition coefficient (Wildman–Crippen LogP) is 3.32. The Bertz CT molecular complexity index is 1740. The Labute approximate surface area is 265 Å². The Morgan fingerprint density at radius 2 is 1.84 bits per heavy atom. The van der Waals surface area contributed by atoms with E-state index in [1.165, 1.54) is 11.3 Å². The third-order valence-corrected chi connectivity index (χ3v) is 8.96. The van der Waals surface area contributed by atoms with Gasteiger partial charge in [0.05, 0.1) is 28.8 Å². The highest BCUT2D eigenvalue weighted by Crippen LogP contribution is 2.31. The molecular weight excluding hydrogens is 588 g/mol. The van der Waals surface area contributed by atoms with Crippen molar-refractivity contribution in [3.05, 3.63) is 113 Å². The minimum atomic E-state index is -0.857. The maximum absolute atomic E-state index is 14.3. The number of thiazole rings is 1. The van der Waals surface area contributed by atoms with Gasteiger partial charge in [-0.25, -0.2) is 19.8 Å². The SMILES string of the molecule is C=CCN1CC(=O)N2C(CN(Cc3cccc4scnc34)C(=O)[C@@H]2Cc2ccc(C(=N)N)cc2)N1C(=O)NCc1ccccc1. The number of hydrogen-bond acceptors (Lipinski definition) is 7. The molecule has 2 fully saturated rings. The summed E-state index contributed by atoms with van der Waals surface area (Å²) in [6, 6.07) is 21.4. The van der Waals surface area contributed by atoms with Crippen LogP contribution in [0.2, 0.25) is 0 Å². The summed E-state index contributed by atoms with van der Waals surface area (Å²) in [5.41, 5.74) is 11.5. The van der Waals surface area contributed by atoms with Crippen molar-refractivity contribution in [2.45, 2.75) is 31.7 Å². The van der Waals surface area contributed by atoms with Crippen molar-refractivity contribution in [3.8, 4) is 0 Å². The van der Waals surface area contributed by atoms with Crippen LogP contribution in [0.25, 0.3) is 10.2 Å². The molecule has 6 rings (SSSR count). The highest BCUT2D eigenvalue weighted by molar-refractivity contribution is 7.16. The Kier molecular flexibility index (Phi) is 8.58. The number of amidine groups is 1. The molecule has 2 aliphatic rings. The van der Waals surface area contributed by atoms with Gasteiger partial charge in [-0.1, -0.05) is 72.8 Å². The molecule has 230 valence electrons. The summed E-state index contributed by atoms with van der Waals surface area (Å²) < 4.78 is 1.02. The summed E-state index contributed by atoms with van der Waals surface area (Å²) in [7, 11) is 0. The number of nitrogens with two attached hydrogens (primary N) is 1. The Balaban J connectivity index is 1.36. The van der Waals surface area contributed by atoms with E-state index in [0.717, 1.165) is 26.9 Å². The summed E-state index contributed by atoms with van der Waals surface area (Å²) in [5, 5.41) is 14.0. The Morgan fingerprint density at radius 3 is 2.58 bits per heavy atom. The number of nitrogen functional groups attached to an aromatic ring is 1. The van der Waals surface area contributed by atoms with Crippen LogP contribution in [0.5, 0.6) is 0 Å². The standard InChI is InChI=1S/C33H34N8O3S/c1-2-15-39-20-29(42)40-26(16-22-11-13-24(14-12-22)31(34)35)32(43)38(18-25-9-6-10-27-30(25)37-21-45-27)19-28(40)41(39)33(44)36-17-23-7-4-3-5-8-23/h2-14,21,26,28H,1,15-20H2,(H3,34,35)(H,36,44)/t26-,28?/m0/s1. The van der Waals surface area contributed by atoms with Gasteiger partial charge in [0, 0.05) is 31.6 Å². The van der Waals surface area contributed by atoms with E-state index in [-0.39, 0.29) is 56.3 Å². The van der Waals surface area contributed by atoms with Crippen LogP contribution in [-0.2, 0) is 29.1 Å².